The van der Waals surface area contributed by atoms with Gasteiger partial charge in [-0.15, -0.1) is 0 Å². The Morgan fingerprint density at radius 3 is 2.67 bits per heavy atom. The molecule has 8 nitrogen and oxygen atoms in total. The van der Waals surface area contributed by atoms with Crippen LogP contribution >= 0.6 is 0 Å². The Balaban J connectivity index is 1.60. The van der Waals surface area contributed by atoms with Gasteiger partial charge in [0.2, 0.25) is 0 Å². The van der Waals surface area contributed by atoms with Crippen molar-refractivity contribution in [2.75, 3.05) is 20.8 Å². The average Bonchev–Trinajstić information content (AvgIpc) is 3.06. The summed E-state index contributed by atoms with van der Waals surface area (Å²) < 4.78 is 30.0. The van der Waals surface area contributed by atoms with Crippen molar-refractivity contribution in [1.82, 2.24) is 9.47 Å². The summed E-state index contributed by atoms with van der Waals surface area (Å²) in [6.07, 6.45) is 0. The van der Waals surface area contributed by atoms with Gasteiger partial charge < -0.3 is 18.8 Å². The average molecular weight is 416 g/mol. The van der Waals surface area contributed by atoms with Gasteiger partial charge in [-0.1, -0.05) is 18.2 Å². The molecular weight excluding hydrogens is 395 g/mol. The number of aromatic nitrogens is 1. The summed E-state index contributed by atoms with van der Waals surface area (Å²) in [6, 6.07) is 10.1. The maximum absolute atomic E-state index is 13.8. The number of ether oxygens (including phenoxy) is 2. The fourth-order valence-electron chi connectivity index (χ4n) is 2.99. The van der Waals surface area contributed by atoms with Crippen molar-refractivity contribution in [3.8, 4) is 5.75 Å². The maximum Gasteiger partial charge on any atom is 0.420 e. The number of hydrogen-bond donors (Lipinski definition) is 0. The Hall–Kier alpha value is -3.62. The highest BCUT2D eigenvalue weighted by Crippen LogP contribution is 2.19. The molecule has 0 fully saturated rings. The smallest absolute Gasteiger partial charge is 0.420 e. The number of esters is 1. The molecule has 1 atom stereocenters. The maximum atomic E-state index is 13.8. The molecule has 1 aromatic heterocycles. The second kappa shape index (κ2) is 8.81. The zero-order valence-electron chi connectivity index (χ0n) is 16.8. The number of fused-ring (bicyclic) bond motifs is 1. The van der Waals surface area contributed by atoms with Crippen molar-refractivity contribution in [3.05, 3.63) is 64.4 Å². The zero-order valence-corrected chi connectivity index (χ0v) is 16.8. The number of benzene rings is 2. The largest absolute Gasteiger partial charge is 0.494 e. The predicted octanol–water partition coefficient (Wildman–Crippen LogP) is 2.50. The number of halogens is 1. The summed E-state index contributed by atoms with van der Waals surface area (Å²) in [5.41, 5.74) is 1.36. The standard InChI is InChI=1S/C21H21FN2O6/c1-13(24-16-6-4-5-7-18(16)30-21(24)27)20(26)29-12-19(25)23(2)11-14-8-9-17(28-3)15(22)10-14/h4-10,13H,11-12H2,1-3H3. The molecule has 0 aliphatic carbocycles. The van der Waals surface area contributed by atoms with Crippen LogP contribution in [0.4, 0.5) is 4.39 Å². The topological polar surface area (TPSA) is 91.0 Å². The quantitative estimate of drug-likeness (QED) is 0.550. The molecule has 0 bridgehead atoms. The Morgan fingerprint density at radius 2 is 1.97 bits per heavy atom. The molecule has 3 rings (SSSR count). The van der Waals surface area contributed by atoms with Crippen LogP contribution in [0.15, 0.2) is 51.7 Å². The van der Waals surface area contributed by atoms with Crippen LogP contribution in [-0.4, -0.2) is 42.1 Å². The van der Waals surface area contributed by atoms with Crippen LogP contribution in [0.3, 0.4) is 0 Å². The summed E-state index contributed by atoms with van der Waals surface area (Å²) >= 11 is 0. The van der Waals surface area contributed by atoms with Gasteiger partial charge >= 0.3 is 11.7 Å². The Morgan fingerprint density at radius 1 is 1.23 bits per heavy atom. The number of carbonyl (C=O) groups excluding carboxylic acids is 2. The third-order valence-electron chi connectivity index (χ3n) is 4.65. The van der Waals surface area contributed by atoms with Gasteiger partial charge in [-0.05, 0) is 36.8 Å². The molecule has 0 aliphatic heterocycles. The van der Waals surface area contributed by atoms with E-state index >= 15 is 0 Å². The number of nitrogens with zero attached hydrogens (tertiary/aromatic N) is 2. The van der Waals surface area contributed by atoms with Crippen LogP contribution in [0, 0.1) is 5.82 Å². The Labute approximate surface area is 171 Å². The number of hydrogen-bond acceptors (Lipinski definition) is 6. The van der Waals surface area contributed by atoms with E-state index in [1.807, 2.05) is 0 Å². The van der Waals surface area contributed by atoms with Crippen molar-refractivity contribution in [2.24, 2.45) is 0 Å². The van der Waals surface area contributed by atoms with E-state index in [1.165, 1.54) is 42.7 Å². The van der Waals surface area contributed by atoms with Crippen LogP contribution in [0.5, 0.6) is 5.75 Å². The van der Waals surface area contributed by atoms with Crippen molar-refractivity contribution in [2.45, 2.75) is 19.5 Å². The van der Waals surface area contributed by atoms with Gasteiger partial charge in [-0.3, -0.25) is 9.36 Å². The van der Waals surface area contributed by atoms with Crippen molar-refractivity contribution in [1.29, 1.82) is 0 Å². The lowest BCUT2D eigenvalue weighted by atomic mass is 10.2. The molecule has 1 unspecified atom stereocenters. The van der Waals surface area contributed by atoms with Crippen molar-refractivity contribution in [3.63, 3.8) is 0 Å². The summed E-state index contributed by atoms with van der Waals surface area (Å²) in [5.74, 6) is -2.34. The van der Waals surface area contributed by atoms with E-state index in [1.54, 1.807) is 30.3 Å². The first kappa shape index (κ1) is 21.1. The minimum absolute atomic E-state index is 0.109. The van der Waals surface area contributed by atoms with Gasteiger partial charge in [-0.2, -0.15) is 0 Å². The second-order valence-corrected chi connectivity index (χ2v) is 6.71. The molecule has 1 heterocycles. The summed E-state index contributed by atoms with van der Waals surface area (Å²) in [7, 11) is 2.87. The van der Waals surface area contributed by atoms with Gasteiger partial charge in [0.1, 0.15) is 6.04 Å². The van der Waals surface area contributed by atoms with Crippen LogP contribution in [0.25, 0.3) is 11.1 Å². The van der Waals surface area contributed by atoms with Crippen LogP contribution < -0.4 is 10.5 Å². The van der Waals surface area contributed by atoms with Gasteiger partial charge in [0, 0.05) is 13.6 Å². The third kappa shape index (κ3) is 4.35. The number of amides is 1. The van der Waals surface area contributed by atoms with Gasteiger partial charge in [-0.25, -0.2) is 14.0 Å². The second-order valence-electron chi connectivity index (χ2n) is 6.71. The Bertz CT molecular complexity index is 1140. The minimum atomic E-state index is -0.977. The third-order valence-corrected chi connectivity index (χ3v) is 4.65. The zero-order chi connectivity index (χ0) is 21.8. The number of para-hydroxylation sites is 2. The minimum Gasteiger partial charge on any atom is -0.494 e. The first-order valence-electron chi connectivity index (χ1n) is 9.15. The lowest BCUT2D eigenvalue weighted by molar-refractivity contribution is -0.154. The molecule has 0 spiro atoms. The first-order chi connectivity index (χ1) is 14.3. The number of oxazole rings is 1. The normalized spacial score (nSPS) is 11.9. The van der Waals surface area contributed by atoms with E-state index in [0.29, 0.717) is 16.7 Å². The SMILES string of the molecule is COc1ccc(CN(C)C(=O)COC(=O)C(C)n2c(=O)oc3ccccc32)cc1F. The van der Waals surface area contributed by atoms with E-state index in [4.69, 9.17) is 13.9 Å². The molecule has 2 aromatic carbocycles. The molecule has 0 saturated heterocycles. The van der Waals surface area contributed by atoms with Gasteiger partial charge in [0.25, 0.3) is 5.91 Å². The highest BCUT2D eigenvalue weighted by Gasteiger charge is 2.24. The van der Waals surface area contributed by atoms with Crippen molar-refractivity contribution < 1.29 is 27.9 Å². The predicted molar refractivity (Wildman–Crippen MR) is 106 cm³/mol. The fraction of sp³-hybridized carbons (Fsp3) is 0.286. The monoisotopic (exact) mass is 416 g/mol. The highest BCUT2D eigenvalue weighted by atomic mass is 19.1. The number of rotatable bonds is 7. The molecule has 158 valence electrons. The lowest BCUT2D eigenvalue weighted by Gasteiger charge is -2.18. The highest BCUT2D eigenvalue weighted by molar-refractivity contribution is 5.83. The molecule has 30 heavy (non-hydrogen) atoms. The molecule has 0 radical (unpaired) electrons. The number of carbonyl (C=O) groups is 2. The summed E-state index contributed by atoms with van der Waals surface area (Å²) in [4.78, 5) is 38.1. The molecule has 1 amide bonds. The molecular formula is C21H21FN2O6. The fourth-order valence-corrected chi connectivity index (χ4v) is 2.99. The van der Waals surface area contributed by atoms with Crippen LogP contribution in [-0.2, 0) is 20.9 Å². The Kier molecular flexibility index (Phi) is 6.20. The van der Waals surface area contributed by atoms with Crippen LogP contribution in [0.2, 0.25) is 0 Å². The summed E-state index contributed by atoms with van der Waals surface area (Å²) in [5, 5.41) is 0. The van der Waals surface area contributed by atoms with E-state index in [9.17, 15) is 18.8 Å². The van der Waals surface area contributed by atoms with Crippen LogP contribution in [0.1, 0.15) is 18.5 Å². The van der Waals surface area contributed by atoms with E-state index < -0.39 is 36.1 Å². The van der Waals surface area contributed by atoms with Gasteiger partial charge in [0.15, 0.2) is 23.8 Å². The molecule has 3 aromatic rings. The number of likely N-dealkylation sites (N-methyl/N-ethyl adjacent to an activating group) is 1. The van der Waals surface area contributed by atoms with E-state index in [2.05, 4.69) is 0 Å². The molecule has 0 N–H and O–H groups in total. The molecule has 0 aliphatic rings. The van der Waals surface area contributed by atoms with Gasteiger partial charge in [0.05, 0.1) is 12.6 Å². The van der Waals surface area contributed by atoms with E-state index in [0.717, 1.165) is 0 Å². The first-order valence-corrected chi connectivity index (χ1v) is 9.15. The summed E-state index contributed by atoms with van der Waals surface area (Å²) in [6.45, 7) is 1.10. The lowest BCUT2D eigenvalue weighted by Crippen LogP contribution is -2.33. The number of methoxy groups -OCH3 is 1. The molecule has 0 saturated carbocycles. The van der Waals surface area contributed by atoms with E-state index in [-0.39, 0.29) is 12.3 Å². The van der Waals surface area contributed by atoms with Crippen molar-refractivity contribution >= 4 is 23.0 Å². The molecule has 9 heteroatoms.